The van der Waals surface area contributed by atoms with Crippen molar-refractivity contribution in [3.05, 3.63) is 56.2 Å². The van der Waals surface area contributed by atoms with Gasteiger partial charge in [-0.3, -0.25) is 13.7 Å². The molecule has 12 heteroatoms. The van der Waals surface area contributed by atoms with Crippen LogP contribution in [-0.2, 0) is 0 Å². The number of nitrogens with zero attached hydrogens (tertiary/aromatic N) is 8. The molecule has 37 heavy (non-hydrogen) atoms. The SMILES string of the molecule is CCN(CC)CCCN.CCN(CC)CCCNC(=O)n1ccnc1.O=C(n1ccnc1)n1ccnc1. The molecule has 3 aromatic rings. The Hall–Kier alpha value is -3.35. The zero-order valence-electron chi connectivity index (χ0n) is 22.7. The van der Waals surface area contributed by atoms with Crippen molar-refractivity contribution in [2.24, 2.45) is 5.73 Å². The van der Waals surface area contributed by atoms with Crippen molar-refractivity contribution in [3.63, 3.8) is 0 Å². The predicted octanol–water partition coefficient (Wildman–Crippen LogP) is 2.45. The van der Waals surface area contributed by atoms with Crippen molar-refractivity contribution in [2.75, 3.05) is 52.4 Å². The molecular weight excluding hydrogens is 472 g/mol. The molecule has 0 aliphatic carbocycles. The Morgan fingerprint density at radius 3 is 1.54 bits per heavy atom. The van der Waals surface area contributed by atoms with E-state index in [1.807, 2.05) is 0 Å². The van der Waals surface area contributed by atoms with Gasteiger partial charge in [0.05, 0.1) is 0 Å². The molecule has 0 fully saturated rings. The van der Waals surface area contributed by atoms with E-state index < -0.39 is 0 Å². The highest BCUT2D eigenvalue weighted by Gasteiger charge is 2.04. The van der Waals surface area contributed by atoms with E-state index in [2.05, 4.69) is 57.8 Å². The third kappa shape index (κ3) is 13.0. The fourth-order valence-electron chi connectivity index (χ4n) is 3.24. The van der Waals surface area contributed by atoms with Crippen LogP contribution in [-0.4, -0.2) is 103 Å². The largest absolute Gasteiger partial charge is 0.338 e. The van der Waals surface area contributed by atoms with Crippen LogP contribution in [0, 0.1) is 0 Å². The molecule has 3 N–H and O–H groups in total. The molecule has 0 aliphatic heterocycles. The summed E-state index contributed by atoms with van der Waals surface area (Å²) >= 11 is 0. The molecule has 12 nitrogen and oxygen atoms in total. The maximum Gasteiger partial charge on any atom is 0.338 e. The average Bonchev–Trinajstić information content (AvgIpc) is 3.74. The molecule has 0 saturated carbocycles. The molecule has 0 aromatic carbocycles. The van der Waals surface area contributed by atoms with Gasteiger partial charge in [-0.2, -0.15) is 0 Å². The predicted molar refractivity (Wildman–Crippen MR) is 146 cm³/mol. The van der Waals surface area contributed by atoms with Gasteiger partial charge in [-0.15, -0.1) is 0 Å². The highest BCUT2D eigenvalue weighted by Crippen LogP contribution is 1.92. The summed E-state index contributed by atoms with van der Waals surface area (Å²) < 4.78 is 4.20. The lowest BCUT2D eigenvalue weighted by molar-refractivity contribution is 0.240. The van der Waals surface area contributed by atoms with Gasteiger partial charge in [-0.25, -0.2) is 24.5 Å². The number of aromatic nitrogens is 6. The van der Waals surface area contributed by atoms with Crippen LogP contribution in [0.2, 0.25) is 0 Å². The Kier molecular flexibility index (Phi) is 16.9. The van der Waals surface area contributed by atoms with Crippen molar-refractivity contribution < 1.29 is 9.59 Å². The number of hydrogen-bond donors (Lipinski definition) is 2. The summed E-state index contributed by atoms with van der Waals surface area (Å²) in [5.41, 5.74) is 5.36. The topological polar surface area (TPSA) is 132 Å². The van der Waals surface area contributed by atoms with Gasteiger partial charge in [0.15, 0.2) is 0 Å². The number of rotatable bonds is 11. The van der Waals surface area contributed by atoms with Crippen LogP contribution >= 0.6 is 0 Å². The van der Waals surface area contributed by atoms with Gasteiger partial charge in [0.1, 0.15) is 19.0 Å². The first-order valence-corrected chi connectivity index (χ1v) is 12.9. The standard InChI is InChI=1S/C11H20N4O.C7H6N4O.C7H18N2/c1-3-14(4-2)8-5-6-13-11(16)15-9-7-12-10-15;12-7(10-3-1-8-5-10)11-4-2-9-6-11;1-3-9(4-2)7-5-6-8/h7,9-10H,3-6,8H2,1-2H3,(H,13,16);1-6H;3-8H2,1-2H3. The van der Waals surface area contributed by atoms with Crippen LogP contribution in [0.5, 0.6) is 0 Å². The first kappa shape index (κ1) is 31.7. The number of carbonyl (C=O) groups is 2. The molecule has 1 amide bonds. The van der Waals surface area contributed by atoms with Crippen LogP contribution < -0.4 is 11.1 Å². The zero-order chi connectivity index (χ0) is 27.3. The maximum absolute atomic E-state index is 11.5. The summed E-state index contributed by atoms with van der Waals surface area (Å²) in [6.45, 7) is 16.8. The van der Waals surface area contributed by atoms with E-state index in [9.17, 15) is 9.59 Å². The molecule has 0 aliphatic rings. The number of imidazole rings is 3. The second-order valence-corrected chi connectivity index (χ2v) is 7.97. The number of nitrogens with two attached hydrogens (primary N) is 1. The fourth-order valence-corrected chi connectivity index (χ4v) is 3.24. The summed E-state index contributed by atoms with van der Waals surface area (Å²) in [4.78, 5) is 39.0. The Balaban J connectivity index is 0.000000290. The summed E-state index contributed by atoms with van der Waals surface area (Å²) in [7, 11) is 0. The Morgan fingerprint density at radius 1 is 0.730 bits per heavy atom. The molecule has 3 heterocycles. The van der Waals surface area contributed by atoms with Crippen molar-refractivity contribution in [1.82, 2.24) is 43.8 Å². The van der Waals surface area contributed by atoms with E-state index in [-0.39, 0.29) is 12.1 Å². The van der Waals surface area contributed by atoms with Gasteiger partial charge in [0.2, 0.25) is 0 Å². The lowest BCUT2D eigenvalue weighted by Gasteiger charge is -2.17. The van der Waals surface area contributed by atoms with Crippen molar-refractivity contribution in [2.45, 2.75) is 40.5 Å². The summed E-state index contributed by atoms with van der Waals surface area (Å²) in [5, 5.41) is 2.85. The Bertz CT molecular complexity index is 883. The smallest absolute Gasteiger partial charge is 0.337 e. The summed E-state index contributed by atoms with van der Waals surface area (Å²) in [6, 6.07) is -0.304. The highest BCUT2D eigenvalue weighted by atomic mass is 16.2. The zero-order valence-corrected chi connectivity index (χ0v) is 22.7. The van der Waals surface area contributed by atoms with Crippen molar-refractivity contribution in [1.29, 1.82) is 0 Å². The summed E-state index contributed by atoms with van der Waals surface area (Å²) in [5.74, 6) is 0. The van der Waals surface area contributed by atoms with E-state index >= 15 is 0 Å². The number of carbonyl (C=O) groups excluding carboxylic acids is 2. The highest BCUT2D eigenvalue weighted by molar-refractivity contribution is 5.78. The lowest BCUT2D eigenvalue weighted by atomic mass is 10.3. The van der Waals surface area contributed by atoms with Gasteiger partial charge in [0.25, 0.3) is 0 Å². The molecule has 3 rings (SSSR count). The van der Waals surface area contributed by atoms with Gasteiger partial charge in [-0.05, 0) is 58.7 Å². The van der Waals surface area contributed by atoms with E-state index in [0.717, 1.165) is 58.7 Å². The third-order valence-corrected chi connectivity index (χ3v) is 5.58. The molecule has 0 saturated heterocycles. The van der Waals surface area contributed by atoms with Crippen LogP contribution in [0.1, 0.15) is 40.5 Å². The van der Waals surface area contributed by atoms with Gasteiger partial charge in [0, 0.05) is 43.7 Å². The van der Waals surface area contributed by atoms with Crippen LogP contribution in [0.25, 0.3) is 0 Å². The maximum atomic E-state index is 11.5. The summed E-state index contributed by atoms with van der Waals surface area (Å²) in [6.07, 6.45) is 16.0. The van der Waals surface area contributed by atoms with E-state index in [0.29, 0.717) is 6.54 Å². The normalized spacial score (nSPS) is 10.5. The Labute approximate surface area is 220 Å². The van der Waals surface area contributed by atoms with Crippen LogP contribution in [0.3, 0.4) is 0 Å². The van der Waals surface area contributed by atoms with Gasteiger partial charge < -0.3 is 20.9 Å². The monoisotopic (exact) mass is 516 g/mol. The molecule has 0 atom stereocenters. The minimum Gasteiger partial charge on any atom is -0.337 e. The Morgan fingerprint density at radius 2 is 1.16 bits per heavy atom. The number of hydrogen-bond acceptors (Lipinski definition) is 8. The van der Waals surface area contributed by atoms with Crippen LogP contribution in [0.15, 0.2) is 56.2 Å². The molecular formula is C25H44N10O2. The molecule has 3 aromatic heterocycles. The van der Waals surface area contributed by atoms with E-state index in [1.165, 1.54) is 32.7 Å². The second-order valence-electron chi connectivity index (χ2n) is 7.97. The average molecular weight is 517 g/mol. The molecule has 0 spiro atoms. The molecule has 0 bridgehead atoms. The first-order chi connectivity index (χ1) is 18.0. The van der Waals surface area contributed by atoms with Gasteiger partial charge >= 0.3 is 12.1 Å². The molecule has 0 unspecified atom stereocenters. The first-order valence-electron chi connectivity index (χ1n) is 12.9. The minimum atomic E-state index is -0.190. The third-order valence-electron chi connectivity index (χ3n) is 5.58. The minimum absolute atomic E-state index is 0.114. The number of amides is 1. The van der Waals surface area contributed by atoms with E-state index in [4.69, 9.17) is 5.73 Å². The van der Waals surface area contributed by atoms with E-state index in [1.54, 1.807) is 37.2 Å². The van der Waals surface area contributed by atoms with Crippen LogP contribution in [0.4, 0.5) is 9.59 Å². The second kappa shape index (κ2) is 19.8. The quantitative estimate of drug-likeness (QED) is 0.372. The van der Waals surface area contributed by atoms with Gasteiger partial charge in [-0.1, -0.05) is 27.7 Å². The lowest BCUT2D eigenvalue weighted by Crippen LogP contribution is -2.31. The van der Waals surface area contributed by atoms with Crippen molar-refractivity contribution >= 4 is 12.1 Å². The fraction of sp³-hybridized carbons (Fsp3) is 0.560. The molecule has 206 valence electrons. The number of nitrogens with one attached hydrogen (secondary N) is 1. The van der Waals surface area contributed by atoms with Crippen molar-refractivity contribution in [3.8, 4) is 0 Å². The molecule has 0 radical (unpaired) electrons.